The number of aryl methyl sites for hydroxylation is 2. The molecule has 0 radical (unpaired) electrons. The molecule has 8 aromatic carbocycles. The molecule has 6 amide bonds. The zero-order valence-corrected chi connectivity index (χ0v) is 53.9. The third-order valence-electron chi connectivity index (χ3n) is 12.4. The SMILES string of the molecule is Cc1ccc(C(=O)Nc2ccc(S(=O)(=O)[O-])c3cc(S(=O)(=O)[O-])cc(S(=O)(=O)[O-])c23)cc1NC(=O)c1cccc(NC(=O)Nc2cccc(C(=O)Nc3cc(C(=O)Nc4ccc(S(=O)(=O)[O-])c5cc(S(=O)(=O)[O-])cc(S(=O)(=O)[O-])c45)ccc3C)c2)c1.[Na+].[Na+]. The molecule has 0 aromatic heterocycles. The standard InChI is InChI=1S/C51H40N6O23S6.2Na/c1-25-9-11-29(49(60)54-37-13-15-41(83(69,70)71)35-21-33(81(63,64)65)23-43(45(35)37)85(75,76)77)19-39(25)56-47(58)27-5-3-7-31(17-27)52-51(62)53-32-8-4-6-28(18-32)48(59)57-40-20-30(12-10-26(40)2)50(61)55-38-14-16-42(84(72,73)74)36-22-34(82(66,67)68)24-44(46(36)38)86(78,79)80;;/h3-24H,1-2H3,(H,54,60)(H,55,61)(H,56,58)(H,57,59)(H2,52,53,62)(H,63,64,65)(H,66,67,68)(H,69,70,71)(H,72,73,74)(H,75,76,77)(H,78,79,80);;/q;2*+1/p-6. The van der Waals surface area contributed by atoms with Crippen molar-refractivity contribution in [1.29, 1.82) is 0 Å². The van der Waals surface area contributed by atoms with Crippen LogP contribution < -0.4 is 91.0 Å². The number of amides is 6. The fourth-order valence-electron chi connectivity index (χ4n) is 8.46. The molecule has 0 heterocycles. The molecule has 0 saturated carbocycles. The van der Waals surface area contributed by atoms with Crippen molar-refractivity contribution in [3.05, 3.63) is 167 Å². The summed E-state index contributed by atoms with van der Waals surface area (Å²) in [5.74, 6) is -3.71. The molecule has 8 rings (SSSR count). The summed E-state index contributed by atoms with van der Waals surface area (Å²) in [6.07, 6.45) is 0. The molecule has 0 atom stereocenters. The Labute approximate surface area is 543 Å². The summed E-state index contributed by atoms with van der Waals surface area (Å²) in [7, 11) is -33.7. The third kappa shape index (κ3) is 16.0. The number of anilines is 6. The van der Waals surface area contributed by atoms with E-state index in [0.717, 1.165) is 12.1 Å². The summed E-state index contributed by atoms with van der Waals surface area (Å²) in [4.78, 5) is 59.6. The minimum atomic E-state index is -5.75. The normalized spacial score (nSPS) is 12.0. The molecular weight excluding hydrogens is 1300 g/mol. The van der Waals surface area contributed by atoms with Crippen molar-refractivity contribution in [2.45, 2.75) is 43.2 Å². The predicted octanol–water partition coefficient (Wildman–Crippen LogP) is -1.30. The Morgan fingerprint density at radius 3 is 0.932 bits per heavy atom. The Hall–Kier alpha value is -7.11. The summed E-state index contributed by atoms with van der Waals surface area (Å²) in [5, 5.41) is 11.0. The molecule has 0 unspecified atom stereocenters. The van der Waals surface area contributed by atoms with E-state index in [0.29, 0.717) is 35.4 Å². The van der Waals surface area contributed by atoms with Gasteiger partial charge in [0.2, 0.25) is 0 Å². The van der Waals surface area contributed by atoms with Crippen LogP contribution in [0.4, 0.5) is 38.9 Å². The smallest absolute Gasteiger partial charge is 0.744 e. The predicted molar refractivity (Wildman–Crippen MR) is 295 cm³/mol. The number of rotatable bonds is 16. The molecule has 37 heteroatoms. The van der Waals surface area contributed by atoms with Crippen molar-refractivity contribution in [3.63, 3.8) is 0 Å². The van der Waals surface area contributed by atoms with E-state index in [9.17, 15) is 102 Å². The maximum atomic E-state index is 13.6. The molecular formula is C51H34N6Na2O23S6-4. The van der Waals surface area contributed by atoms with E-state index in [2.05, 4.69) is 31.9 Å². The first-order chi connectivity index (χ1) is 39.8. The summed E-state index contributed by atoms with van der Waals surface area (Å²) in [6, 6.07) is 21.2. The van der Waals surface area contributed by atoms with Gasteiger partial charge in [-0.3, -0.25) is 19.2 Å². The second kappa shape index (κ2) is 26.1. The first kappa shape index (κ1) is 70.0. The van der Waals surface area contributed by atoms with Crippen molar-refractivity contribution in [1.82, 2.24) is 0 Å². The number of fused-ring (bicyclic) bond motifs is 2. The molecule has 0 aliphatic heterocycles. The van der Waals surface area contributed by atoms with Crippen molar-refractivity contribution in [2.24, 2.45) is 0 Å². The van der Waals surface area contributed by atoms with E-state index < -0.39 is 153 Å². The van der Waals surface area contributed by atoms with Crippen LogP contribution in [0, 0.1) is 13.8 Å². The quantitative estimate of drug-likeness (QED) is 0.0483. The van der Waals surface area contributed by atoms with Gasteiger partial charge in [-0.1, -0.05) is 24.3 Å². The number of hydrogen-bond donors (Lipinski definition) is 6. The van der Waals surface area contributed by atoms with E-state index in [4.69, 9.17) is 0 Å². The maximum absolute atomic E-state index is 13.6. The average Bonchev–Trinajstić information content (AvgIpc) is 0.864. The molecule has 0 aliphatic carbocycles. The van der Waals surface area contributed by atoms with Gasteiger partial charge < -0.3 is 59.2 Å². The van der Waals surface area contributed by atoms with Crippen LogP contribution in [0.25, 0.3) is 21.5 Å². The van der Waals surface area contributed by atoms with Crippen LogP contribution in [0.2, 0.25) is 0 Å². The largest absolute Gasteiger partial charge is 1.00 e. The number of benzene rings is 8. The van der Waals surface area contributed by atoms with E-state index in [1.807, 2.05) is 0 Å². The number of nitrogens with one attached hydrogen (secondary N) is 6. The van der Waals surface area contributed by atoms with Crippen molar-refractivity contribution >= 4 is 146 Å². The Morgan fingerprint density at radius 2 is 0.625 bits per heavy atom. The fourth-order valence-corrected chi connectivity index (χ4v) is 12.5. The van der Waals surface area contributed by atoms with E-state index in [-0.39, 0.29) is 116 Å². The molecule has 6 N–H and O–H groups in total. The molecule has 0 bridgehead atoms. The van der Waals surface area contributed by atoms with Crippen molar-refractivity contribution < 1.29 is 161 Å². The first-order valence-corrected chi connectivity index (χ1v) is 31.9. The van der Waals surface area contributed by atoms with Crippen LogP contribution >= 0.6 is 0 Å². The Kier molecular flexibility index (Phi) is 20.8. The third-order valence-corrected chi connectivity index (χ3v) is 17.6. The molecule has 0 saturated heterocycles. The van der Waals surface area contributed by atoms with Gasteiger partial charge in [0.1, 0.15) is 60.7 Å². The second-order valence-electron chi connectivity index (χ2n) is 18.3. The number of carbonyl (C=O) groups excluding carboxylic acids is 5. The number of hydrogen-bond acceptors (Lipinski definition) is 23. The van der Waals surface area contributed by atoms with Gasteiger partial charge in [0.25, 0.3) is 23.6 Å². The Balaban J connectivity index is 0.00000618. The second-order valence-corrected chi connectivity index (χ2v) is 26.4. The monoisotopic (exact) mass is 1340 g/mol. The molecule has 29 nitrogen and oxygen atoms in total. The van der Waals surface area contributed by atoms with E-state index >= 15 is 0 Å². The van der Waals surface area contributed by atoms with Gasteiger partial charge in [0.05, 0.1) is 40.7 Å². The summed E-state index contributed by atoms with van der Waals surface area (Å²) in [5.41, 5.74) is -0.846. The van der Waals surface area contributed by atoms with Gasteiger partial charge in [0.15, 0.2) is 0 Å². The number of urea groups is 1. The zero-order chi connectivity index (χ0) is 63.4. The first-order valence-electron chi connectivity index (χ1n) is 23.5. The van der Waals surface area contributed by atoms with Crippen molar-refractivity contribution in [3.8, 4) is 0 Å². The number of carbonyl (C=O) groups is 5. The van der Waals surface area contributed by atoms with E-state index in [1.165, 1.54) is 98.8 Å². The molecule has 0 spiro atoms. The van der Waals surface area contributed by atoms with Crippen LogP contribution in [0.3, 0.4) is 0 Å². The summed E-state index contributed by atoms with van der Waals surface area (Å²) in [6.45, 7) is 3.07. The average molecular weight is 1340 g/mol. The van der Waals surface area contributed by atoms with Gasteiger partial charge in [-0.15, -0.1) is 0 Å². The zero-order valence-electron chi connectivity index (χ0n) is 45.0. The maximum Gasteiger partial charge on any atom is 1.00 e. The summed E-state index contributed by atoms with van der Waals surface area (Å²) >= 11 is 0. The molecule has 0 aliphatic rings. The Bertz CT molecular complexity index is 4720. The molecule has 448 valence electrons. The minimum absolute atomic E-state index is 0. The van der Waals surface area contributed by atoms with Gasteiger partial charge in [-0.25, -0.2) is 55.3 Å². The van der Waals surface area contributed by atoms with Gasteiger partial charge in [-0.05, 0) is 134 Å². The fraction of sp³-hybridized carbons (Fsp3) is 0.0392. The molecule has 88 heavy (non-hydrogen) atoms. The Morgan fingerprint density at radius 1 is 0.318 bits per heavy atom. The minimum Gasteiger partial charge on any atom is -0.744 e. The molecule has 0 fully saturated rings. The van der Waals surface area contributed by atoms with E-state index in [1.54, 1.807) is 0 Å². The molecule has 8 aromatic rings. The van der Waals surface area contributed by atoms with Crippen LogP contribution in [0.5, 0.6) is 0 Å². The van der Waals surface area contributed by atoms with Gasteiger partial charge >= 0.3 is 65.1 Å². The van der Waals surface area contributed by atoms with Crippen LogP contribution in [0.1, 0.15) is 52.6 Å². The van der Waals surface area contributed by atoms with Gasteiger partial charge in [0, 0.05) is 66.5 Å². The van der Waals surface area contributed by atoms with Crippen LogP contribution in [-0.4, -0.2) is 107 Å². The van der Waals surface area contributed by atoms with Crippen molar-refractivity contribution in [2.75, 3.05) is 31.9 Å². The van der Waals surface area contributed by atoms with Crippen LogP contribution in [-0.2, 0) is 60.7 Å². The van der Waals surface area contributed by atoms with Crippen LogP contribution in [0.15, 0.2) is 163 Å². The van der Waals surface area contributed by atoms with Gasteiger partial charge in [-0.2, -0.15) is 0 Å². The summed E-state index contributed by atoms with van der Waals surface area (Å²) < 4.78 is 218. The topological polar surface area (TPSA) is 501 Å².